The Bertz CT molecular complexity index is 1090. The lowest BCUT2D eigenvalue weighted by Crippen LogP contribution is -2.69. The number of alkyl halides is 3. The Morgan fingerprint density at radius 1 is 1.21 bits per heavy atom. The molecule has 1 heterocycles. The fraction of sp³-hybridized carbons (Fsp3) is 0.409. The van der Waals surface area contributed by atoms with Gasteiger partial charge in [-0.3, -0.25) is 4.79 Å². The molecular weight excluding hydrogens is 459 g/mol. The van der Waals surface area contributed by atoms with Gasteiger partial charge in [0.05, 0.1) is 19.8 Å². The molecule has 2 N–H and O–H groups in total. The molecule has 0 aliphatic heterocycles. The molecule has 11 heteroatoms. The van der Waals surface area contributed by atoms with E-state index in [4.69, 9.17) is 4.74 Å². The average Bonchev–Trinajstić information content (AvgIpc) is 3.12. The van der Waals surface area contributed by atoms with Gasteiger partial charge in [-0.25, -0.2) is 4.79 Å². The number of halogens is 3. The van der Waals surface area contributed by atoms with Crippen molar-refractivity contribution in [1.29, 1.82) is 5.26 Å². The highest BCUT2D eigenvalue weighted by Crippen LogP contribution is 2.42. The number of methoxy groups -OCH3 is 2. The molecule has 1 aromatic heterocycles. The minimum atomic E-state index is -5.30. The van der Waals surface area contributed by atoms with Gasteiger partial charge in [0.25, 0.3) is 5.91 Å². The third-order valence-corrected chi connectivity index (χ3v) is 6.66. The maximum absolute atomic E-state index is 14.4. The fourth-order valence-corrected chi connectivity index (χ4v) is 5.07. The molecule has 0 fully saturated rings. The van der Waals surface area contributed by atoms with E-state index in [1.807, 2.05) is 13.0 Å². The number of hydrogen-bond acceptors (Lipinski definition) is 7. The lowest BCUT2D eigenvalue weighted by atomic mass is 9.88. The predicted molar refractivity (Wildman–Crippen MR) is 115 cm³/mol. The Labute approximate surface area is 192 Å². The van der Waals surface area contributed by atoms with E-state index < -0.39 is 23.7 Å². The monoisotopic (exact) mass is 481 g/mol. The van der Waals surface area contributed by atoms with Gasteiger partial charge in [-0.15, -0.1) is 11.3 Å². The number of esters is 1. The molecule has 0 bridgehead atoms. The number of carbonyl (C=O) groups excluding carboxylic acids is 2. The minimum absolute atomic E-state index is 0.0399. The minimum Gasteiger partial charge on any atom is -0.497 e. The fourth-order valence-electron chi connectivity index (χ4n) is 3.66. The van der Waals surface area contributed by atoms with Gasteiger partial charge in [0.2, 0.25) is 0 Å². The number of hydrogen-bond donors (Lipinski definition) is 2. The van der Waals surface area contributed by atoms with Crippen molar-refractivity contribution in [1.82, 2.24) is 5.32 Å². The van der Waals surface area contributed by atoms with Crippen molar-refractivity contribution in [2.75, 3.05) is 19.5 Å². The number of thiophene rings is 1. The van der Waals surface area contributed by atoms with Crippen LogP contribution in [0.1, 0.15) is 39.7 Å². The quantitative estimate of drug-likeness (QED) is 0.477. The summed E-state index contributed by atoms with van der Waals surface area (Å²) in [4.78, 5) is 26.1. The molecule has 2 aromatic rings. The highest BCUT2D eigenvalue weighted by molar-refractivity contribution is 7.16. The molecule has 0 unspecified atom stereocenters. The zero-order valence-corrected chi connectivity index (χ0v) is 18.9. The Balaban J connectivity index is 2.06. The number of nitrogens with zero attached hydrogens (tertiary/aromatic N) is 1. The Kier molecular flexibility index (Phi) is 6.88. The highest BCUT2D eigenvalue weighted by atomic mass is 32.1. The van der Waals surface area contributed by atoms with Crippen molar-refractivity contribution in [3.63, 3.8) is 0 Å². The number of anilines is 1. The Morgan fingerprint density at radius 2 is 1.88 bits per heavy atom. The van der Waals surface area contributed by atoms with E-state index in [0.29, 0.717) is 30.1 Å². The normalized spacial score (nSPS) is 17.2. The summed E-state index contributed by atoms with van der Waals surface area (Å²) in [6.07, 6.45) is -3.33. The van der Waals surface area contributed by atoms with E-state index in [1.54, 1.807) is 5.32 Å². The van der Waals surface area contributed by atoms with Gasteiger partial charge in [-0.2, -0.15) is 18.4 Å². The topological polar surface area (TPSA) is 100 Å². The molecule has 1 amide bonds. The van der Waals surface area contributed by atoms with Crippen LogP contribution in [0.2, 0.25) is 0 Å². The Morgan fingerprint density at radius 3 is 2.42 bits per heavy atom. The van der Waals surface area contributed by atoms with E-state index in [-0.39, 0.29) is 16.1 Å². The first-order valence-corrected chi connectivity index (χ1v) is 10.8. The smallest absolute Gasteiger partial charge is 0.441 e. The van der Waals surface area contributed by atoms with Crippen molar-refractivity contribution in [2.24, 2.45) is 5.92 Å². The molecule has 3 rings (SSSR count). The maximum atomic E-state index is 14.4. The summed E-state index contributed by atoms with van der Waals surface area (Å²) < 4.78 is 52.6. The number of fused-ring (bicyclic) bond motifs is 1. The van der Waals surface area contributed by atoms with Crippen molar-refractivity contribution in [3.8, 4) is 11.8 Å². The van der Waals surface area contributed by atoms with Gasteiger partial charge in [-0.05, 0) is 55.0 Å². The molecule has 33 heavy (non-hydrogen) atoms. The number of ether oxygens (including phenoxy) is 2. The second-order valence-corrected chi connectivity index (χ2v) is 8.82. The summed E-state index contributed by atoms with van der Waals surface area (Å²) in [5.41, 5.74) is -3.03. The highest BCUT2D eigenvalue weighted by Gasteiger charge is 2.64. The molecule has 0 spiro atoms. The largest absolute Gasteiger partial charge is 0.497 e. The van der Waals surface area contributed by atoms with E-state index in [9.17, 15) is 28.0 Å². The van der Waals surface area contributed by atoms with Crippen molar-refractivity contribution >= 4 is 28.2 Å². The Hall–Kier alpha value is -3.26. The molecule has 0 saturated carbocycles. The molecule has 1 aliphatic carbocycles. The summed E-state index contributed by atoms with van der Waals surface area (Å²) in [6, 6.07) is 7.28. The number of nitrogens with one attached hydrogen (secondary N) is 2. The predicted octanol–water partition coefficient (Wildman–Crippen LogP) is 4.03. The van der Waals surface area contributed by atoms with Crippen LogP contribution in [0.5, 0.6) is 5.75 Å². The van der Waals surface area contributed by atoms with Crippen LogP contribution >= 0.6 is 11.3 Å². The van der Waals surface area contributed by atoms with Gasteiger partial charge in [0.1, 0.15) is 16.8 Å². The molecule has 176 valence electrons. The summed E-state index contributed by atoms with van der Waals surface area (Å²) in [5, 5.41) is 13.4. The molecule has 1 aromatic carbocycles. The third-order valence-electron chi connectivity index (χ3n) is 5.49. The van der Waals surface area contributed by atoms with E-state index in [1.165, 1.54) is 31.4 Å². The first-order chi connectivity index (χ1) is 15.6. The lowest BCUT2D eigenvalue weighted by Gasteiger charge is -2.34. The lowest BCUT2D eigenvalue weighted by molar-refractivity contribution is -0.203. The molecule has 0 radical (unpaired) electrons. The van der Waals surface area contributed by atoms with Crippen molar-refractivity contribution < 1.29 is 32.2 Å². The van der Waals surface area contributed by atoms with E-state index in [2.05, 4.69) is 10.1 Å². The van der Waals surface area contributed by atoms with Crippen LogP contribution in [-0.4, -0.2) is 37.9 Å². The van der Waals surface area contributed by atoms with Gasteiger partial charge in [0.15, 0.2) is 0 Å². The van der Waals surface area contributed by atoms with Crippen molar-refractivity contribution in [3.05, 3.63) is 45.8 Å². The number of nitriles is 1. The molecule has 0 saturated heterocycles. The van der Waals surface area contributed by atoms with Gasteiger partial charge in [-0.1, -0.05) is 6.92 Å². The van der Waals surface area contributed by atoms with E-state index >= 15 is 0 Å². The summed E-state index contributed by atoms with van der Waals surface area (Å²) in [7, 11) is 2.19. The van der Waals surface area contributed by atoms with Crippen LogP contribution in [0.25, 0.3) is 0 Å². The first kappa shape index (κ1) is 24.4. The standard InChI is InChI=1S/C22H22F3N3O4S/c1-12-4-9-15-16(11-26)19(33-17(15)10-12)28-21(20(30)32-3,22(23,24)25)27-18(29)13-5-7-14(31-2)8-6-13/h5-8,12,28H,4,9-10H2,1-3H3,(H,27,29)/t12-,21+/m0/s1. The zero-order valence-electron chi connectivity index (χ0n) is 18.1. The van der Waals surface area contributed by atoms with Crippen LogP contribution in [0.4, 0.5) is 18.2 Å². The van der Waals surface area contributed by atoms with Crippen LogP contribution in [-0.2, 0) is 22.4 Å². The molecule has 1 aliphatic rings. The van der Waals surface area contributed by atoms with E-state index in [0.717, 1.165) is 29.7 Å². The first-order valence-electron chi connectivity index (χ1n) is 10.0. The van der Waals surface area contributed by atoms with Crippen LogP contribution in [0.15, 0.2) is 24.3 Å². The van der Waals surface area contributed by atoms with Gasteiger partial charge >= 0.3 is 17.8 Å². The number of amides is 1. The second kappa shape index (κ2) is 9.31. The van der Waals surface area contributed by atoms with Gasteiger partial charge < -0.3 is 20.1 Å². The maximum Gasteiger partial charge on any atom is 0.441 e. The van der Waals surface area contributed by atoms with Gasteiger partial charge in [0, 0.05) is 10.4 Å². The van der Waals surface area contributed by atoms with Crippen LogP contribution in [0.3, 0.4) is 0 Å². The SMILES string of the molecule is COC(=O)[C@@](NC(=O)c1ccc(OC)cc1)(Nc1sc2c(c1C#N)CC[C@H](C)C2)C(F)(F)F. The summed E-state index contributed by atoms with van der Waals surface area (Å²) >= 11 is 0.980. The molecular formula is C22H22F3N3O4S. The number of rotatable bonds is 6. The number of carbonyl (C=O) groups is 2. The van der Waals surface area contributed by atoms with Crippen LogP contribution < -0.4 is 15.4 Å². The third kappa shape index (κ3) is 4.61. The average molecular weight is 481 g/mol. The second-order valence-electron chi connectivity index (χ2n) is 7.71. The summed E-state index contributed by atoms with van der Waals surface area (Å²) in [5.74, 6) is -2.21. The van der Waals surface area contributed by atoms with Crippen LogP contribution in [0, 0.1) is 17.2 Å². The van der Waals surface area contributed by atoms with Crippen molar-refractivity contribution in [2.45, 2.75) is 38.0 Å². The summed E-state index contributed by atoms with van der Waals surface area (Å²) in [6.45, 7) is 2.02. The zero-order chi connectivity index (χ0) is 24.4. The number of benzene rings is 1. The molecule has 7 nitrogen and oxygen atoms in total. The molecule has 2 atom stereocenters.